The van der Waals surface area contributed by atoms with Gasteiger partial charge < -0.3 is 14.2 Å². The van der Waals surface area contributed by atoms with Gasteiger partial charge in [-0.05, 0) is 89.3 Å². The fourth-order valence-electron chi connectivity index (χ4n) is 3.41. The van der Waals surface area contributed by atoms with Crippen molar-refractivity contribution in [3.05, 3.63) is 91.4 Å². The molecule has 10 heteroatoms. The van der Waals surface area contributed by atoms with Crippen molar-refractivity contribution in [2.45, 2.75) is 6.92 Å². The van der Waals surface area contributed by atoms with Crippen LogP contribution in [0.4, 0.5) is 4.79 Å². The molecule has 190 valence electrons. The topological polar surface area (TPSA) is 82.1 Å². The van der Waals surface area contributed by atoms with E-state index in [1.54, 1.807) is 66.7 Å². The number of halogens is 2. The molecule has 0 N–H and O–H groups in total. The fraction of sp³-hybridized carbons (Fsp3) is 0.148. The maximum Gasteiger partial charge on any atom is 0.343 e. The van der Waals surface area contributed by atoms with Gasteiger partial charge in [0.2, 0.25) is 0 Å². The van der Waals surface area contributed by atoms with Crippen LogP contribution in [0.1, 0.15) is 22.8 Å². The Hall–Kier alpha value is -3.02. The second kappa shape index (κ2) is 12.5. The van der Waals surface area contributed by atoms with E-state index in [0.29, 0.717) is 43.6 Å². The Bertz CT molecular complexity index is 1360. The predicted octanol–water partition coefficient (Wildman–Crippen LogP) is 6.68. The predicted molar refractivity (Wildman–Crippen MR) is 151 cm³/mol. The van der Waals surface area contributed by atoms with Gasteiger partial charge in [-0.25, -0.2) is 4.79 Å². The van der Waals surface area contributed by atoms with Crippen molar-refractivity contribution >= 4 is 69.1 Å². The van der Waals surface area contributed by atoms with Crippen molar-refractivity contribution in [1.29, 1.82) is 0 Å². The summed E-state index contributed by atoms with van der Waals surface area (Å²) in [6.45, 7) is 2.36. The number of carbonyl (C=O) groups excluding carboxylic acids is 3. The summed E-state index contributed by atoms with van der Waals surface area (Å²) in [5.74, 6) is 0.214. The third kappa shape index (κ3) is 6.65. The lowest BCUT2D eigenvalue weighted by molar-refractivity contribution is -0.123. The van der Waals surface area contributed by atoms with E-state index < -0.39 is 11.9 Å². The van der Waals surface area contributed by atoms with Crippen molar-refractivity contribution in [3.8, 4) is 17.2 Å². The maximum absolute atomic E-state index is 12.9. The zero-order chi connectivity index (χ0) is 26.4. The van der Waals surface area contributed by atoms with E-state index in [-0.39, 0.29) is 23.3 Å². The highest BCUT2D eigenvalue weighted by Gasteiger charge is 2.35. The highest BCUT2D eigenvalue weighted by Crippen LogP contribution is 2.38. The first-order chi connectivity index (χ1) is 17.9. The molecule has 1 heterocycles. The number of hydrogen-bond donors (Lipinski definition) is 0. The maximum atomic E-state index is 12.9. The molecular formula is C27H21ClINO6S. The van der Waals surface area contributed by atoms with Crippen LogP contribution in [0.15, 0.2) is 71.6 Å². The number of carbonyl (C=O) groups is 3. The molecule has 0 saturated carbocycles. The number of benzene rings is 3. The van der Waals surface area contributed by atoms with Crippen molar-refractivity contribution in [3.63, 3.8) is 0 Å². The van der Waals surface area contributed by atoms with Crippen LogP contribution < -0.4 is 14.2 Å². The summed E-state index contributed by atoms with van der Waals surface area (Å²) in [5, 5.41) is 0.0706. The number of amides is 2. The molecule has 4 rings (SSSR count). The number of imide groups is 1. The second-order valence-corrected chi connectivity index (χ2v) is 10.2. The van der Waals surface area contributed by atoms with Gasteiger partial charge in [-0.1, -0.05) is 41.9 Å². The molecule has 1 fully saturated rings. The zero-order valence-corrected chi connectivity index (χ0v) is 23.3. The molecule has 0 spiro atoms. The standard InChI is InChI=1S/C27H21ClINO6S/c1-2-34-22-15-17(14-20(29)24(22)36-26(32)18-8-4-3-5-9-18)16-23-25(31)30(27(33)37-23)12-13-35-21-11-7-6-10-19(21)28/h3-11,14-16H,2,12-13H2,1H3/b23-16-. The second-order valence-electron chi connectivity index (χ2n) is 7.63. The third-order valence-electron chi connectivity index (χ3n) is 5.12. The summed E-state index contributed by atoms with van der Waals surface area (Å²) in [6, 6.07) is 19.1. The van der Waals surface area contributed by atoms with Crippen molar-refractivity contribution in [1.82, 2.24) is 4.90 Å². The van der Waals surface area contributed by atoms with Gasteiger partial charge in [0.05, 0.1) is 32.2 Å². The van der Waals surface area contributed by atoms with Crippen LogP contribution in [-0.4, -0.2) is 41.8 Å². The normalized spacial score (nSPS) is 14.2. The van der Waals surface area contributed by atoms with Gasteiger partial charge in [0.15, 0.2) is 11.5 Å². The van der Waals surface area contributed by atoms with Crippen molar-refractivity contribution in [2.24, 2.45) is 0 Å². The van der Waals surface area contributed by atoms with Gasteiger partial charge >= 0.3 is 5.97 Å². The lowest BCUT2D eigenvalue weighted by atomic mass is 10.1. The molecule has 0 radical (unpaired) electrons. The van der Waals surface area contributed by atoms with Gasteiger partial charge in [0.1, 0.15) is 12.4 Å². The largest absolute Gasteiger partial charge is 0.490 e. The summed E-state index contributed by atoms with van der Waals surface area (Å²) < 4.78 is 17.6. The summed E-state index contributed by atoms with van der Waals surface area (Å²) in [4.78, 5) is 39.4. The molecule has 1 aliphatic rings. The van der Waals surface area contributed by atoms with Gasteiger partial charge in [-0.15, -0.1) is 0 Å². The first-order valence-electron chi connectivity index (χ1n) is 11.2. The van der Waals surface area contributed by atoms with E-state index in [2.05, 4.69) is 0 Å². The van der Waals surface area contributed by atoms with E-state index in [4.69, 9.17) is 25.8 Å². The molecule has 0 aliphatic carbocycles. The number of ether oxygens (including phenoxy) is 3. The van der Waals surface area contributed by atoms with E-state index in [1.807, 2.05) is 35.6 Å². The molecule has 1 saturated heterocycles. The Balaban J connectivity index is 1.49. The SMILES string of the molecule is CCOc1cc(/C=C2\SC(=O)N(CCOc3ccccc3Cl)C2=O)cc(I)c1OC(=O)c1ccccc1. The smallest absolute Gasteiger partial charge is 0.343 e. The average Bonchev–Trinajstić information content (AvgIpc) is 3.15. The number of para-hydroxylation sites is 1. The zero-order valence-electron chi connectivity index (χ0n) is 19.6. The Morgan fingerprint density at radius 2 is 1.76 bits per heavy atom. The first-order valence-corrected chi connectivity index (χ1v) is 13.5. The Kier molecular flexibility index (Phi) is 9.12. The molecule has 37 heavy (non-hydrogen) atoms. The van der Waals surface area contributed by atoms with E-state index in [9.17, 15) is 14.4 Å². The number of rotatable bonds is 9. The minimum atomic E-state index is -0.507. The van der Waals surface area contributed by atoms with Gasteiger partial charge in [0.25, 0.3) is 11.1 Å². The number of nitrogens with zero attached hydrogens (tertiary/aromatic N) is 1. The number of esters is 1. The summed E-state index contributed by atoms with van der Waals surface area (Å²) in [5.41, 5.74) is 1.04. The highest BCUT2D eigenvalue weighted by molar-refractivity contribution is 14.1. The molecule has 7 nitrogen and oxygen atoms in total. The van der Waals surface area contributed by atoms with Crippen LogP contribution in [0.25, 0.3) is 6.08 Å². The van der Waals surface area contributed by atoms with Gasteiger partial charge in [-0.2, -0.15) is 0 Å². The van der Waals surface area contributed by atoms with Crippen molar-refractivity contribution < 1.29 is 28.6 Å². The van der Waals surface area contributed by atoms with Crippen LogP contribution in [0.2, 0.25) is 5.02 Å². The van der Waals surface area contributed by atoms with Crippen molar-refractivity contribution in [2.75, 3.05) is 19.8 Å². The van der Waals surface area contributed by atoms with E-state index >= 15 is 0 Å². The molecule has 3 aromatic rings. The molecule has 0 aromatic heterocycles. The molecule has 1 aliphatic heterocycles. The van der Waals surface area contributed by atoms with Crippen LogP contribution in [0.3, 0.4) is 0 Å². The molecule has 0 atom stereocenters. The van der Waals surface area contributed by atoms with E-state index in [0.717, 1.165) is 16.7 Å². The monoisotopic (exact) mass is 649 g/mol. The lowest BCUT2D eigenvalue weighted by Crippen LogP contribution is -2.32. The van der Waals surface area contributed by atoms with Gasteiger partial charge in [-0.3, -0.25) is 14.5 Å². The molecule has 0 unspecified atom stereocenters. The van der Waals surface area contributed by atoms with Crippen LogP contribution >= 0.6 is 46.0 Å². The van der Waals surface area contributed by atoms with Crippen LogP contribution in [-0.2, 0) is 4.79 Å². The van der Waals surface area contributed by atoms with Gasteiger partial charge in [0, 0.05) is 0 Å². The summed E-state index contributed by atoms with van der Waals surface area (Å²) >= 11 is 8.98. The van der Waals surface area contributed by atoms with E-state index in [1.165, 1.54) is 0 Å². The highest BCUT2D eigenvalue weighted by atomic mass is 127. The molecule has 3 aromatic carbocycles. The number of thioether (sulfide) groups is 1. The number of hydrogen-bond acceptors (Lipinski definition) is 7. The van der Waals surface area contributed by atoms with Crippen LogP contribution in [0, 0.1) is 3.57 Å². The third-order valence-corrected chi connectivity index (χ3v) is 7.14. The molecule has 2 amide bonds. The van der Waals surface area contributed by atoms with Crippen LogP contribution in [0.5, 0.6) is 17.2 Å². The Morgan fingerprint density at radius 1 is 1.03 bits per heavy atom. The molecular weight excluding hydrogens is 629 g/mol. The lowest BCUT2D eigenvalue weighted by Gasteiger charge is -2.14. The fourth-order valence-corrected chi connectivity index (χ4v) is 5.20. The minimum Gasteiger partial charge on any atom is -0.490 e. The Morgan fingerprint density at radius 3 is 2.49 bits per heavy atom. The minimum absolute atomic E-state index is 0.0866. The first kappa shape index (κ1) is 27.0. The summed E-state index contributed by atoms with van der Waals surface area (Å²) in [7, 11) is 0. The average molecular weight is 650 g/mol. The molecule has 0 bridgehead atoms. The summed E-state index contributed by atoms with van der Waals surface area (Å²) in [6.07, 6.45) is 1.62. The Labute approximate surface area is 236 Å². The quantitative estimate of drug-likeness (QED) is 0.111.